The maximum absolute atomic E-state index is 13.7. The molecule has 0 atom stereocenters. The quantitative estimate of drug-likeness (QED) is 0.770. The predicted molar refractivity (Wildman–Crippen MR) is 60.2 cm³/mol. The van der Waals surface area contributed by atoms with Gasteiger partial charge < -0.3 is 4.74 Å². The van der Waals surface area contributed by atoms with Gasteiger partial charge in [0.1, 0.15) is 4.88 Å². The Labute approximate surface area is 94.3 Å². The number of ether oxygens (including phenoxy) is 1. The van der Waals surface area contributed by atoms with Gasteiger partial charge in [-0.3, -0.25) is 0 Å². The first-order valence-electron chi connectivity index (χ1n) is 4.55. The minimum Gasteiger partial charge on any atom is -0.461 e. The first-order chi connectivity index (χ1) is 7.24. The van der Waals surface area contributed by atoms with Crippen molar-refractivity contribution >= 4 is 38.7 Å². The van der Waals surface area contributed by atoms with Gasteiger partial charge in [0.05, 0.1) is 6.61 Å². The van der Waals surface area contributed by atoms with Gasteiger partial charge in [-0.15, -0.1) is 11.3 Å². The van der Waals surface area contributed by atoms with E-state index >= 15 is 0 Å². The normalized spacial score (nSPS) is 10.8. The lowest BCUT2D eigenvalue weighted by molar-refractivity contribution is 0.0506. The van der Waals surface area contributed by atoms with Crippen LogP contribution in [0.4, 0.5) is 4.39 Å². The van der Waals surface area contributed by atoms with Gasteiger partial charge in [0.25, 0.3) is 0 Å². The summed E-state index contributed by atoms with van der Waals surface area (Å²) in [6.45, 7) is 2.24. The number of rotatable bonds is 3. The number of halogens is 1. The Morgan fingerprint density at radius 1 is 1.53 bits per heavy atom. The van der Waals surface area contributed by atoms with Crippen LogP contribution < -0.4 is 0 Å². The molecule has 0 N–H and O–H groups in total. The van der Waals surface area contributed by atoms with E-state index in [2.05, 4.69) is 0 Å². The van der Waals surface area contributed by atoms with Crippen LogP contribution in [0.15, 0.2) is 10.8 Å². The van der Waals surface area contributed by atoms with Crippen LogP contribution in [0.2, 0.25) is 0 Å². The highest BCUT2D eigenvalue weighted by Gasteiger charge is 2.19. The Morgan fingerprint density at radius 2 is 2.33 bits per heavy atom. The molecule has 5 heteroatoms. The molecule has 0 aliphatic rings. The molecule has 2 rings (SSSR count). The van der Waals surface area contributed by atoms with Gasteiger partial charge in [-0.05, 0) is 6.42 Å². The third-order valence-electron chi connectivity index (χ3n) is 1.90. The van der Waals surface area contributed by atoms with Crippen molar-refractivity contribution in [3.8, 4) is 0 Å². The van der Waals surface area contributed by atoms with Crippen molar-refractivity contribution in [1.29, 1.82) is 0 Å². The fourth-order valence-corrected chi connectivity index (χ4v) is 3.13. The number of carbonyl (C=O) groups excluding carboxylic acids is 1. The number of hydrogen-bond acceptors (Lipinski definition) is 4. The first-order valence-corrected chi connectivity index (χ1v) is 6.31. The van der Waals surface area contributed by atoms with Gasteiger partial charge >= 0.3 is 5.97 Å². The summed E-state index contributed by atoms with van der Waals surface area (Å²) in [6.07, 6.45) is 0.743. The summed E-state index contributed by atoms with van der Waals surface area (Å²) < 4.78 is 19.4. The molecule has 80 valence electrons. The summed E-state index contributed by atoms with van der Waals surface area (Å²) in [5.74, 6) is -1.00. The summed E-state index contributed by atoms with van der Waals surface area (Å²) in [6, 6.07) is 0. The van der Waals surface area contributed by atoms with Gasteiger partial charge in [0.2, 0.25) is 0 Å². The van der Waals surface area contributed by atoms with Gasteiger partial charge in [-0.1, -0.05) is 6.92 Å². The Morgan fingerprint density at radius 3 is 3.00 bits per heavy atom. The minimum atomic E-state index is -0.555. The third-order valence-corrected chi connectivity index (χ3v) is 3.90. The van der Waals surface area contributed by atoms with E-state index in [1.807, 2.05) is 12.3 Å². The van der Waals surface area contributed by atoms with Crippen LogP contribution in [0.3, 0.4) is 0 Å². The first kappa shape index (κ1) is 10.6. The number of fused-ring (bicyclic) bond motifs is 1. The molecular formula is C10H9FO2S2. The molecule has 0 radical (unpaired) electrons. The molecule has 2 nitrogen and oxygen atoms in total. The minimum absolute atomic E-state index is 0.0845. The molecule has 0 unspecified atom stereocenters. The zero-order chi connectivity index (χ0) is 10.8. The van der Waals surface area contributed by atoms with Crippen LogP contribution >= 0.6 is 22.7 Å². The number of carbonyl (C=O) groups is 1. The monoisotopic (exact) mass is 244 g/mol. The zero-order valence-corrected chi connectivity index (χ0v) is 9.71. The Kier molecular flexibility index (Phi) is 3.02. The van der Waals surface area contributed by atoms with Crippen LogP contribution in [-0.4, -0.2) is 12.6 Å². The third kappa shape index (κ3) is 1.89. The summed E-state index contributed by atoms with van der Waals surface area (Å²) in [4.78, 5) is 11.5. The van der Waals surface area contributed by atoms with Crippen molar-refractivity contribution in [2.24, 2.45) is 0 Å². The standard InChI is InChI=1S/C10H9FO2S2/c1-2-3-13-10(12)9-8(11)6-4-14-5-7(6)15-9/h4-5H,2-3H2,1H3. The average molecular weight is 244 g/mol. The molecule has 2 aromatic rings. The Balaban J connectivity index is 2.31. The lowest BCUT2D eigenvalue weighted by atomic mass is 10.3. The summed E-state index contributed by atoms with van der Waals surface area (Å²) in [7, 11) is 0. The summed E-state index contributed by atoms with van der Waals surface area (Å²) >= 11 is 2.58. The smallest absolute Gasteiger partial charge is 0.351 e. The van der Waals surface area contributed by atoms with Crippen LogP contribution in [0.1, 0.15) is 23.0 Å². The molecule has 0 bridgehead atoms. The van der Waals surface area contributed by atoms with Crippen LogP contribution in [0, 0.1) is 5.82 Å². The van der Waals surface area contributed by atoms with E-state index < -0.39 is 11.8 Å². The molecule has 2 heterocycles. The second-order valence-electron chi connectivity index (χ2n) is 3.03. The molecule has 0 saturated carbocycles. The number of thiophene rings is 2. The van der Waals surface area contributed by atoms with Crippen molar-refractivity contribution in [2.75, 3.05) is 6.61 Å². The van der Waals surface area contributed by atoms with E-state index in [0.29, 0.717) is 12.0 Å². The number of esters is 1. The van der Waals surface area contributed by atoms with Crippen molar-refractivity contribution in [3.05, 3.63) is 21.5 Å². The maximum Gasteiger partial charge on any atom is 0.351 e. The maximum atomic E-state index is 13.7. The molecule has 2 aromatic heterocycles. The lowest BCUT2D eigenvalue weighted by Crippen LogP contribution is -2.05. The largest absolute Gasteiger partial charge is 0.461 e. The molecule has 0 aliphatic heterocycles. The highest BCUT2D eigenvalue weighted by molar-refractivity contribution is 7.24. The molecule has 0 spiro atoms. The van der Waals surface area contributed by atoms with Crippen LogP contribution in [-0.2, 0) is 4.74 Å². The SMILES string of the molecule is CCCOC(=O)c1sc2cscc2c1F. The second kappa shape index (κ2) is 4.28. The highest BCUT2D eigenvalue weighted by Crippen LogP contribution is 2.33. The van der Waals surface area contributed by atoms with Gasteiger partial charge in [-0.2, -0.15) is 11.3 Å². The van der Waals surface area contributed by atoms with E-state index in [0.717, 1.165) is 22.5 Å². The van der Waals surface area contributed by atoms with E-state index in [-0.39, 0.29) is 4.88 Å². The van der Waals surface area contributed by atoms with E-state index in [4.69, 9.17) is 4.74 Å². The zero-order valence-electron chi connectivity index (χ0n) is 8.08. The fourth-order valence-electron chi connectivity index (χ4n) is 1.19. The van der Waals surface area contributed by atoms with Crippen molar-refractivity contribution in [3.63, 3.8) is 0 Å². The van der Waals surface area contributed by atoms with Gasteiger partial charge in [0.15, 0.2) is 5.82 Å². The van der Waals surface area contributed by atoms with Crippen molar-refractivity contribution in [2.45, 2.75) is 13.3 Å². The van der Waals surface area contributed by atoms with Crippen molar-refractivity contribution in [1.82, 2.24) is 0 Å². The average Bonchev–Trinajstić information content (AvgIpc) is 2.78. The van der Waals surface area contributed by atoms with Crippen LogP contribution in [0.5, 0.6) is 0 Å². The number of hydrogen-bond donors (Lipinski definition) is 0. The van der Waals surface area contributed by atoms with Crippen molar-refractivity contribution < 1.29 is 13.9 Å². The molecule has 0 amide bonds. The molecular weight excluding hydrogens is 235 g/mol. The molecule has 0 saturated heterocycles. The molecule has 0 aliphatic carbocycles. The lowest BCUT2D eigenvalue weighted by Gasteiger charge is -1.99. The van der Waals surface area contributed by atoms with E-state index in [1.165, 1.54) is 11.3 Å². The highest BCUT2D eigenvalue weighted by atomic mass is 32.1. The van der Waals surface area contributed by atoms with E-state index in [1.54, 1.807) is 5.38 Å². The molecule has 0 fully saturated rings. The van der Waals surface area contributed by atoms with Gasteiger partial charge in [-0.25, -0.2) is 9.18 Å². The van der Waals surface area contributed by atoms with Gasteiger partial charge in [0, 0.05) is 20.8 Å². The topological polar surface area (TPSA) is 26.3 Å². The second-order valence-corrected chi connectivity index (χ2v) is 4.83. The fraction of sp³-hybridized carbons (Fsp3) is 0.300. The Bertz CT molecular complexity index is 487. The van der Waals surface area contributed by atoms with E-state index in [9.17, 15) is 9.18 Å². The molecule has 0 aromatic carbocycles. The predicted octanol–water partition coefficient (Wildman–Crippen LogP) is 3.67. The summed E-state index contributed by atoms with van der Waals surface area (Å²) in [5, 5.41) is 4.06. The summed E-state index contributed by atoms with van der Waals surface area (Å²) in [5.41, 5.74) is 0. The Hall–Kier alpha value is -0.940. The van der Waals surface area contributed by atoms with Crippen LogP contribution in [0.25, 0.3) is 10.1 Å². The molecule has 15 heavy (non-hydrogen) atoms.